The molecule has 0 amide bonds. The van der Waals surface area contributed by atoms with Crippen LogP contribution in [0.4, 0.5) is 4.39 Å². The Labute approximate surface area is 156 Å². The van der Waals surface area contributed by atoms with Crippen LogP contribution in [-0.4, -0.2) is 43.6 Å². The molecule has 0 unspecified atom stereocenters. The summed E-state index contributed by atoms with van der Waals surface area (Å²) in [7, 11) is 1.78. The Kier molecular flexibility index (Phi) is 9.47. The minimum absolute atomic E-state index is 0. The second kappa shape index (κ2) is 10.8. The first-order chi connectivity index (χ1) is 10.7. The summed E-state index contributed by atoms with van der Waals surface area (Å²) in [5.74, 6) is 0.614. The molecule has 1 aliphatic rings. The van der Waals surface area contributed by atoms with Crippen LogP contribution in [0.2, 0.25) is 0 Å². The summed E-state index contributed by atoms with van der Waals surface area (Å²) in [4.78, 5) is 6.80. The highest BCUT2D eigenvalue weighted by Crippen LogP contribution is 2.10. The van der Waals surface area contributed by atoms with Crippen molar-refractivity contribution in [2.24, 2.45) is 4.99 Å². The number of hydrogen-bond acceptors (Lipinski definition) is 2. The number of nitrogens with zero attached hydrogens (tertiary/aromatic N) is 2. The number of rotatable bonds is 5. The van der Waals surface area contributed by atoms with E-state index in [0.29, 0.717) is 12.6 Å². The van der Waals surface area contributed by atoms with E-state index in [2.05, 4.69) is 27.4 Å². The highest BCUT2D eigenvalue weighted by molar-refractivity contribution is 14.0. The molecule has 0 saturated carbocycles. The number of aliphatic imine (C=N–C) groups is 1. The minimum atomic E-state index is -0.204. The molecule has 0 spiro atoms. The van der Waals surface area contributed by atoms with Crippen molar-refractivity contribution in [2.45, 2.75) is 38.8 Å². The van der Waals surface area contributed by atoms with E-state index < -0.39 is 0 Å². The van der Waals surface area contributed by atoms with Crippen molar-refractivity contribution in [3.8, 4) is 0 Å². The van der Waals surface area contributed by atoms with Crippen LogP contribution >= 0.6 is 24.0 Å². The Balaban J connectivity index is 0.00000264. The zero-order valence-corrected chi connectivity index (χ0v) is 16.3. The Morgan fingerprint density at radius 1 is 1.26 bits per heavy atom. The topological polar surface area (TPSA) is 39.7 Å². The number of nitrogens with one attached hydrogen (secondary N) is 2. The number of hydrogen-bond donors (Lipinski definition) is 2. The summed E-state index contributed by atoms with van der Waals surface area (Å²) >= 11 is 0. The fourth-order valence-electron chi connectivity index (χ4n) is 2.79. The van der Waals surface area contributed by atoms with Gasteiger partial charge < -0.3 is 15.5 Å². The molecule has 6 heteroatoms. The van der Waals surface area contributed by atoms with Crippen LogP contribution in [0, 0.1) is 5.82 Å². The molecule has 1 fully saturated rings. The van der Waals surface area contributed by atoms with Gasteiger partial charge in [-0.05, 0) is 43.5 Å². The Morgan fingerprint density at radius 2 is 1.91 bits per heavy atom. The lowest BCUT2D eigenvalue weighted by Crippen LogP contribution is -2.48. The molecule has 130 valence electrons. The van der Waals surface area contributed by atoms with Gasteiger partial charge >= 0.3 is 0 Å². The van der Waals surface area contributed by atoms with Gasteiger partial charge in [0.2, 0.25) is 0 Å². The van der Waals surface area contributed by atoms with E-state index in [1.54, 1.807) is 19.2 Å². The summed E-state index contributed by atoms with van der Waals surface area (Å²) in [5, 5.41) is 6.78. The van der Waals surface area contributed by atoms with Crippen molar-refractivity contribution in [1.29, 1.82) is 0 Å². The predicted octanol–water partition coefficient (Wildman–Crippen LogP) is 2.98. The second-order valence-electron chi connectivity index (χ2n) is 5.81. The van der Waals surface area contributed by atoms with Gasteiger partial charge in [0.25, 0.3) is 0 Å². The fraction of sp³-hybridized carbons (Fsp3) is 0.588. The normalized spacial score (nSPS) is 16.7. The van der Waals surface area contributed by atoms with Crippen molar-refractivity contribution in [2.75, 3.05) is 26.7 Å². The molecule has 0 radical (unpaired) electrons. The lowest BCUT2D eigenvalue weighted by atomic mass is 10.1. The zero-order valence-electron chi connectivity index (χ0n) is 14.0. The largest absolute Gasteiger partial charge is 0.354 e. The first kappa shape index (κ1) is 20.2. The maximum Gasteiger partial charge on any atom is 0.191 e. The van der Waals surface area contributed by atoms with Gasteiger partial charge in [-0.2, -0.15) is 0 Å². The molecular weight excluding hydrogens is 406 g/mol. The fourth-order valence-corrected chi connectivity index (χ4v) is 2.79. The monoisotopic (exact) mass is 434 g/mol. The average Bonchev–Trinajstić information content (AvgIpc) is 2.55. The van der Waals surface area contributed by atoms with Crippen LogP contribution in [0.25, 0.3) is 0 Å². The molecule has 0 atom stereocenters. The molecule has 2 N–H and O–H groups in total. The lowest BCUT2D eigenvalue weighted by molar-refractivity contribution is 0.206. The maximum atomic E-state index is 12.9. The van der Waals surface area contributed by atoms with E-state index in [0.717, 1.165) is 37.5 Å². The van der Waals surface area contributed by atoms with Gasteiger partial charge in [0.15, 0.2) is 5.96 Å². The molecule has 0 aromatic heterocycles. The number of piperidine rings is 1. The molecule has 1 aromatic carbocycles. The van der Waals surface area contributed by atoms with Gasteiger partial charge in [-0.25, -0.2) is 4.39 Å². The van der Waals surface area contributed by atoms with Gasteiger partial charge in [0.1, 0.15) is 5.82 Å². The van der Waals surface area contributed by atoms with Crippen LogP contribution < -0.4 is 10.6 Å². The molecule has 1 heterocycles. The number of halogens is 2. The summed E-state index contributed by atoms with van der Waals surface area (Å²) in [6.45, 7) is 6.38. The van der Waals surface area contributed by atoms with Gasteiger partial charge in [0.05, 0.1) is 0 Å². The molecule has 1 aliphatic heterocycles. The van der Waals surface area contributed by atoms with E-state index in [1.165, 1.54) is 25.1 Å². The van der Waals surface area contributed by atoms with Crippen LogP contribution in [0.5, 0.6) is 0 Å². The number of benzene rings is 1. The minimum Gasteiger partial charge on any atom is -0.354 e. The molecule has 2 rings (SSSR count). The van der Waals surface area contributed by atoms with Crippen molar-refractivity contribution in [1.82, 2.24) is 15.5 Å². The SMILES string of the molecule is CCCN1CCC(NC(=NC)NCc2ccc(F)cc2)CC1.I. The standard InChI is InChI=1S/C17H27FN4.HI/c1-3-10-22-11-8-16(9-12-22)21-17(19-2)20-13-14-4-6-15(18)7-5-14;/h4-7,16H,3,8-13H2,1-2H3,(H2,19,20,21);1H. The van der Waals surface area contributed by atoms with Gasteiger partial charge in [0, 0.05) is 32.7 Å². The Morgan fingerprint density at radius 3 is 2.48 bits per heavy atom. The highest BCUT2D eigenvalue weighted by Gasteiger charge is 2.19. The molecule has 0 aliphatic carbocycles. The maximum absolute atomic E-state index is 12.9. The Hall–Kier alpha value is -0.890. The summed E-state index contributed by atoms with van der Waals surface area (Å²) in [6.07, 6.45) is 3.52. The third-order valence-corrected chi connectivity index (χ3v) is 4.07. The van der Waals surface area contributed by atoms with Gasteiger partial charge in [-0.3, -0.25) is 4.99 Å². The van der Waals surface area contributed by atoms with Gasteiger partial charge in [-0.15, -0.1) is 24.0 Å². The van der Waals surface area contributed by atoms with E-state index in [9.17, 15) is 4.39 Å². The predicted molar refractivity (Wildman–Crippen MR) is 105 cm³/mol. The molecule has 0 bridgehead atoms. The molecule has 4 nitrogen and oxygen atoms in total. The van der Waals surface area contributed by atoms with Crippen LogP contribution in [0.1, 0.15) is 31.7 Å². The van der Waals surface area contributed by atoms with Crippen molar-refractivity contribution >= 4 is 29.9 Å². The summed E-state index contributed by atoms with van der Waals surface area (Å²) in [5.41, 5.74) is 1.04. The molecule has 1 saturated heterocycles. The molecule has 23 heavy (non-hydrogen) atoms. The van der Waals surface area contributed by atoms with Crippen LogP contribution in [0.15, 0.2) is 29.3 Å². The first-order valence-electron chi connectivity index (χ1n) is 8.15. The molecule has 1 aromatic rings. The number of guanidine groups is 1. The highest BCUT2D eigenvalue weighted by atomic mass is 127. The summed E-state index contributed by atoms with van der Waals surface area (Å²) in [6, 6.07) is 7.03. The lowest BCUT2D eigenvalue weighted by Gasteiger charge is -2.32. The van der Waals surface area contributed by atoms with E-state index in [1.807, 2.05) is 0 Å². The average molecular weight is 434 g/mol. The third-order valence-electron chi connectivity index (χ3n) is 4.07. The van der Waals surface area contributed by atoms with Crippen LogP contribution in [0.3, 0.4) is 0 Å². The third kappa shape index (κ3) is 7.03. The quantitative estimate of drug-likeness (QED) is 0.425. The molecular formula is C17H28FIN4. The van der Waals surface area contributed by atoms with Gasteiger partial charge in [-0.1, -0.05) is 19.1 Å². The van der Waals surface area contributed by atoms with Crippen molar-refractivity contribution in [3.05, 3.63) is 35.6 Å². The zero-order chi connectivity index (χ0) is 15.8. The van der Waals surface area contributed by atoms with E-state index in [4.69, 9.17) is 0 Å². The van der Waals surface area contributed by atoms with Crippen molar-refractivity contribution in [3.63, 3.8) is 0 Å². The van der Waals surface area contributed by atoms with Crippen molar-refractivity contribution < 1.29 is 4.39 Å². The smallest absolute Gasteiger partial charge is 0.191 e. The summed E-state index contributed by atoms with van der Waals surface area (Å²) < 4.78 is 12.9. The second-order valence-corrected chi connectivity index (χ2v) is 5.81. The van der Waals surface area contributed by atoms with Crippen LogP contribution in [-0.2, 0) is 6.54 Å². The Bertz CT molecular complexity index is 470. The van der Waals surface area contributed by atoms with E-state index in [-0.39, 0.29) is 29.8 Å². The number of likely N-dealkylation sites (tertiary alicyclic amines) is 1. The first-order valence-corrected chi connectivity index (χ1v) is 8.15. The van der Waals surface area contributed by atoms with E-state index >= 15 is 0 Å².